The summed E-state index contributed by atoms with van der Waals surface area (Å²) in [6.07, 6.45) is 4.31. The molecule has 0 bridgehead atoms. The maximum Gasteiger partial charge on any atom is 0.247 e. The molecule has 0 radical (unpaired) electrons. The first-order valence-corrected chi connectivity index (χ1v) is 11.5. The summed E-state index contributed by atoms with van der Waals surface area (Å²) in [6.45, 7) is 2.61. The van der Waals surface area contributed by atoms with Crippen molar-refractivity contribution in [2.24, 2.45) is 5.92 Å². The van der Waals surface area contributed by atoms with Crippen LogP contribution in [0.2, 0.25) is 0 Å². The Morgan fingerprint density at radius 2 is 1.72 bits per heavy atom. The van der Waals surface area contributed by atoms with E-state index in [9.17, 15) is 4.79 Å². The molecule has 0 N–H and O–H groups in total. The first kappa shape index (κ1) is 20.9. The standard InChI is InChI=1S/C26H29N3O3/c30-25(29-15-7-10-21(19-29)18-20-8-3-1-4-9-20)26(13-16-31-17-14-26)24-28-27-23(32-24)22-11-5-2-6-12-22/h1-6,8-9,11-12,21H,7,10,13-19H2. The van der Waals surface area contributed by atoms with Gasteiger partial charge in [0.05, 0.1) is 0 Å². The van der Waals surface area contributed by atoms with Crippen molar-refractivity contribution in [1.82, 2.24) is 15.1 Å². The summed E-state index contributed by atoms with van der Waals surface area (Å²) < 4.78 is 11.7. The summed E-state index contributed by atoms with van der Waals surface area (Å²) in [5.74, 6) is 1.46. The van der Waals surface area contributed by atoms with E-state index in [1.54, 1.807) is 0 Å². The summed E-state index contributed by atoms with van der Waals surface area (Å²) in [5.41, 5.74) is 1.39. The van der Waals surface area contributed by atoms with Gasteiger partial charge in [0.15, 0.2) is 0 Å². The Labute approximate surface area is 188 Å². The molecule has 0 saturated carbocycles. The van der Waals surface area contributed by atoms with Gasteiger partial charge in [0.25, 0.3) is 0 Å². The fourth-order valence-corrected chi connectivity index (χ4v) is 5.02. The molecule has 2 aliphatic heterocycles. The van der Waals surface area contributed by atoms with Crippen LogP contribution < -0.4 is 0 Å². The maximum atomic E-state index is 14.0. The lowest BCUT2D eigenvalue weighted by Crippen LogP contribution is -2.53. The van der Waals surface area contributed by atoms with E-state index in [1.165, 1.54) is 5.56 Å². The van der Waals surface area contributed by atoms with E-state index in [2.05, 4.69) is 34.5 Å². The smallest absolute Gasteiger partial charge is 0.247 e. The lowest BCUT2D eigenvalue weighted by molar-refractivity contribution is -0.144. The second-order valence-corrected chi connectivity index (χ2v) is 8.92. The maximum absolute atomic E-state index is 14.0. The van der Waals surface area contributed by atoms with Gasteiger partial charge in [-0.3, -0.25) is 4.79 Å². The van der Waals surface area contributed by atoms with Crippen molar-refractivity contribution in [2.75, 3.05) is 26.3 Å². The van der Waals surface area contributed by atoms with E-state index >= 15 is 0 Å². The van der Waals surface area contributed by atoms with Crippen molar-refractivity contribution in [3.05, 3.63) is 72.1 Å². The fourth-order valence-electron chi connectivity index (χ4n) is 5.02. The number of aromatic nitrogens is 2. The molecule has 2 aliphatic rings. The first-order valence-electron chi connectivity index (χ1n) is 11.5. The number of hydrogen-bond acceptors (Lipinski definition) is 5. The van der Waals surface area contributed by atoms with Gasteiger partial charge in [-0.05, 0) is 55.7 Å². The zero-order valence-corrected chi connectivity index (χ0v) is 18.3. The monoisotopic (exact) mass is 431 g/mol. The van der Waals surface area contributed by atoms with Crippen LogP contribution in [0.1, 0.15) is 37.1 Å². The highest BCUT2D eigenvalue weighted by molar-refractivity contribution is 5.87. The molecule has 2 saturated heterocycles. The minimum atomic E-state index is -0.799. The lowest BCUT2D eigenvalue weighted by Gasteiger charge is -2.40. The minimum Gasteiger partial charge on any atom is -0.420 e. The Morgan fingerprint density at radius 1 is 1.00 bits per heavy atom. The van der Waals surface area contributed by atoms with Gasteiger partial charge in [-0.2, -0.15) is 0 Å². The third-order valence-electron chi connectivity index (χ3n) is 6.78. The third-order valence-corrected chi connectivity index (χ3v) is 6.78. The number of carbonyl (C=O) groups is 1. The Balaban J connectivity index is 1.38. The summed E-state index contributed by atoms with van der Waals surface area (Å²) >= 11 is 0. The number of amides is 1. The molecule has 6 nitrogen and oxygen atoms in total. The van der Waals surface area contributed by atoms with E-state index < -0.39 is 5.41 Å². The van der Waals surface area contributed by atoms with E-state index in [0.29, 0.717) is 43.8 Å². The Hall–Kier alpha value is -2.99. The molecule has 166 valence electrons. The number of piperidine rings is 1. The van der Waals surface area contributed by atoms with Crippen molar-refractivity contribution in [3.63, 3.8) is 0 Å². The largest absolute Gasteiger partial charge is 0.420 e. The zero-order chi connectivity index (χ0) is 21.8. The van der Waals surface area contributed by atoms with Crippen LogP contribution in [-0.4, -0.2) is 47.3 Å². The number of benzene rings is 2. The molecule has 1 aromatic heterocycles. The highest BCUT2D eigenvalue weighted by Gasteiger charge is 2.49. The van der Waals surface area contributed by atoms with Gasteiger partial charge in [0.1, 0.15) is 5.41 Å². The van der Waals surface area contributed by atoms with Crippen molar-refractivity contribution < 1.29 is 13.9 Å². The van der Waals surface area contributed by atoms with Crippen LogP contribution in [0.5, 0.6) is 0 Å². The van der Waals surface area contributed by atoms with Crippen LogP contribution in [0, 0.1) is 5.92 Å². The molecule has 32 heavy (non-hydrogen) atoms. The average molecular weight is 432 g/mol. The molecular formula is C26H29N3O3. The normalized spacial score (nSPS) is 20.8. The molecule has 2 fully saturated rings. The van der Waals surface area contributed by atoms with Gasteiger partial charge in [0, 0.05) is 31.9 Å². The van der Waals surface area contributed by atoms with Gasteiger partial charge in [0.2, 0.25) is 17.7 Å². The summed E-state index contributed by atoms with van der Waals surface area (Å²) in [4.78, 5) is 16.0. The van der Waals surface area contributed by atoms with Crippen LogP contribution in [0.15, 0.2) is 65.1 Å². The van der Waals surface area contributed by atoms with Gasteiger partial charge < -0.3 is 14.1 Å². The van der Waals surface area contributed by atoms with Crippen LogP contribution in [0.25, 0.3) is 11.5 Å². The molecule has 6 heteroatoms. The predicted octanol–water partition coefficient (Wildman–Crippen LogP) is 4.27. The first-order chi connectivity index (χ1) is 15.7. The number of hydrogen-bond donors (Lipinski definition) is 0. The molecular weight excluding hydrogens is 402 g/mol. The quantitative estimate of drug-likeness (QED) is 0.604. The fraction of sp³-hybridized carbons (Fsp3) is 0.423. The molecule has 0 aliphatic carbocycles. The summed E-state index contributed by atoms with van der Waals surface area (Å²) in [5, 5.41) is 8.65. The second-order valence-electron chi connectivity index (χ2n) is 8.92. The molecule has 1 unspecified atom stereocenters. The van der Waals surface area contributed by atoms with Crippen LogP contribution in [0.4, 0.5) is 0 Å². The minimum absolute atomic E-state index is 0.113. The molecule has 3 heterocycles. The number of rotatable bonds is 5. The second kappa shape index (κ2) is 9.25. The van der Waals surface area contributed by atoms with Crippen molar-refractivity contribution >= 4 is 5.91 Å². The van der Waals surface area contributed by atoms with Crippen molar-refractivity contribution in [1.29, 1.82) is 0 Å². The van der Waals surface area contributed by atoms with E-state index in [-0.39, 0.29) is 5.91 Å². The highest BCUT2D eigenvalue weighted by Crippen LogP contribution is 2.38. The lowest BCUT2D eigenvalue weighted by atomic mass is 9.77. The van der Waals surface area contributed by atoms with Crippen molar-refractivity contribution in [3.8, 4) is 11.5 Å². The molecule has 0 spiro atoms. The molecule has 5 rings (SSSR count). The number of ether oxygens (including phenoxy) is 1. The summed E-state index contributed by atoms with van der Waals surface area (Å²) in [6, 6.07) is 20.3. The van der Waals surface area contributed by atoms with Crippen LogP contribution >= 0.6 is 0 Å². The Morgan fingerprint density at radius 3 is 2.47 bits per heavy atom. The zero-order valence-electron chi connectivity index (χ0n) is 18.3. The average Bonchev–Trinajstić information content (AvgIpc) is 3.36. The van der Waals surface area contributed by atoms with Crippen molar-refractivity contribution in [2.45, 2.75) is 37.5 Å². The Kier molecular flexibility index (Phi) is 6.04. The van der Waals surface area contributed by atoms with Gasteiger partial charge in [-0.1, -0.05) is 48.5 Å². The topological polar surface area (TPSA) is 68.5 Å². The van der Waals surface area contributed by atoms with E-state index in [4.69, 9.17) is 9.15 Å². The van der Waals surface area contributed by atoms with E-state index in [1.807, 2.05) is 41.3 Å². The number of carbonyl (C=O) groups excluding carboxylic acids is 1. The summed E-state index contributed by atoms with van der Waals surface area (Å²) in [7, 11) is 0. The van der Waals surface area contributed by atoms with Gasteiger partial charge in [-0.25, -0.2) is 0 Å². The molecule has 1 amide bonds. The van der Waals surface area contributed by atoms with Crippen LogP contribution in [0.3, 0.4) is 0 Å². The Bertz CT molecular complexity index is 1030. The number of likely N-dealkylation sites (tertiary alicyclic amines) is 1. The van der Waals surface area contributed by atoms with Gasteiger partial charge in [-0.15, -0.1) is 10.2 Å². The SMILES string of the molecule is O=C(N1CCCC(Cc2ccccc2)C1)C1(c2nnc(-c3ccccc3)o2)CCOCC1. The third kappa shape index (κ3) is 4.19. The molecule has 3 aromatic rings. The molecule has 1 atom stereocenters. The van der Waals surface area contributed by atoms with E-state index in [0.717, 1.165) is 37.9 Å². The highest BCUT2D eigenvalue weighted by atomic mass is 16.5. The molecule has 2 aromatic carbocycles. The van der Waals surface area contributed by atoms with Crippen LogP contribution in [-0.2, 0) is 21.4 Å². The predicted molar refractivity (Wildman–Crippen MR) is 121 cm³/mol. The number of nitrogens with zero attached hydrogens (tertiary/aromatic N) is 3. The van der Waals surface area contributed by atoms with Gasteiger partial charge >= 0.3 is 0 Å².